The Hall–Kier alpha value is -1.38. The lowest BCUT2D eigenvalue weighted by Gasteiger charge is -2.21. The number of thiazole rings is 1. The van der Waals surface area contributed by atoms with Crippen molar-refractivity contribution in [2.45, 2.75) is 32.1 Å². The van der Waals surface area contributed by atoms with Crippen LogP contribution in [0.3, 0.4) is 0 Å². The fourth-order valence-electron chi connectivity index (χ4n) is 2.19. The van der Waals surface area contributed by atoms with Gasteiger partial charge in [-0.3, -0.25) is 9.79 Å². The van der Waals surface area contributed by atoms with Crippen molar-refractivity contribution in [3.05, 3.63) is 28.1 Å². The molecule has 122 valence electrons. The van der Waals surface area contributed by atoms with Crippen molar-refractivity contribution in [3.8, 4) is 0 Å². The van der Waals surface area contributed by atoms with Crippen LogP contribution in [0.5, 0.6) is 0 Å². The second-order valence-corrected chi connectivity index (χ2v) is 8.05. The fraction of sp³-hybridized carbons (Fsp3) is 0.400. The molecule has 1 amide bonds. The van der Waals surface area contributed by atoms with Gasteiger partial charge in [0, 0.05) is 28.4 Å². The van der Waals surface area contributed by atoms with Crippen molar-refractivity contribution in [1.82, 2.24) is 4.98 Å². The number of aromatic nitrogens is 1. The molecule has 1 aliphatic heterocycles. The number of thiophene rings is 1. The van der Waals surface area contributed by atoms with E-state index in [-0.39, 0.29) is 11.3 Å². The second kappa shape index (κ2) is 7.46. The van der Waals surface area contributed by atoms with E-state index in [1.807, 2.05) is 5.38 Å². The SMILES string of the molecule is CCC1=NC(SCC(=O)Nc2nccs2)c2cc(CC)sc2N1. The molecule has 1 unspecified atom stereocenters. The van der Waals surface area contributed by atoms with Crippen LogP contribution in [-0.2, 0) is 11.2 Å². The second-order valence-electron chi connectivity index (χ2n) is 4.95. The molecule has 0 aromatic carbocycles. The van der Waals surface area contributed by atoms with E-state index in [9.17, 15) is 4.79 Å². The number of carbonyl (C=O) groups excluding carboxylic acids is 1. The molecule has 0 bridgehead atoms. The van der Waals surface area contributed by atoms with Gasteiger partial charge in [0.2, 0.25) is 5.91 Å². The van der Waals surface area contributed by atoms with Crippen LogP contribution < -0.4 is 10.6 Å². The smallest absolute Gasteiger partial charge is 0.236 e. The number of rotatable bonds is 6. The van der Waals surface area contributed by atoms with E-state index >= 15 is 0 Å². The van der Waals surface area contributed by atoms with Crippen LogP contribution in [0.25, 0.3) is 0 Å². The van der Waals surface area contributed by atoms with Crippen molar-refractivity contribution in [2.75, 3.05) is 16.4 Å². The lowest BCUT2D eigenvalue weighted by atomic mass is 10.2. The Labute approximate surface area is 147 Å². The molecular formula is C15H18N4OS3. The summed E-state index contributed by atoms with van der Waals surface area (Å²) in [6, 6.07) is 2.21. The standard InChI is InChI=1S/C15H18N4OS3/c1-3-9-7-10-13(17-11(4-2)18-14(10)23-9)22-8-12(20)19-15-16-5-6-21-15/h5-7,13H,3-4,8H2,1-2H3,(H,17,18)(H,16,19,20). The number of hydrogen-bond acceptors (Lipinski definition) is 7. The fourth-order valence-corrected chi connectivity index (χ4v) is 4.81. The Kier molecular flexibility index (Phi) is 5.34. The van der Waals surface area contributed by atoms with Crippen LogP contribution in [0.1, 0.15) is 36.1 Å². The molecule has 1 atom stereocenters. The van der Waals surface area contributed by atoms with Gasteiger partial charge in [0.1, 0.15) is 16.2 Å². The Bertz CT molecular complexity index is 708. The quantitative estimate of drug-likeness (QED) is 0.796. The number of hydrogen-bond donors (Lipinski definition) is 2. The summed E-state index contributed by atoms with van der Waals surface area (Å²) in [5, 5.41) is 9.86. The van der Waals surface area contributed by atoms with Crippen molar-refractivity contribution in [2.24, 2.45) is 4.99 Å². The van der Waals surface area contributed by atoms with Crippen LogP contribution in [0.4, 0.5) is 10.1 Å². The molecule has 0 saturated heterocycles. The number of nitrogens with one attached hydrogen (secondary N) is 2. The maximum Gasteiger partial charge on any atom is 0.236 e. The van der Waals surface area contributed by atoms with Gasteiger partial charge in [-0.05, 0) is 12.5 Å². The number of aliphatic imine (C=N–C) groups is 1. The minimum absolute atomic E-state index is 0.0141. The first-order chi connectivity index (χ1) is 11.2. The predicted octanol–water partition coefficient (Wildman–Crippen LogP) is 4.37. The molecule has 2 aromatic rings. The summed E-state index contributed by atoms with van der Waals surface area (Å²) in [7, 11) is 0. The van der Waals surface area contributed by atoms with E-state index in [0.717, 1.165) is 18.7 Å². The largest absolute Gasteiger partial charge is 0.335 e. The summed E-state index contributed by atoms with van der Waals surface area (Å²) in [4.78, 5) is 22.2. The van der Waals surface area contributed by atoms with Gasteiger partial charge in [-0.1, -0.05) is 13.8 Å². The molecule has 5 nitrogen and oxygen atoms in total. The van der Waals surface area contributed by atoms with Gasteiger partial charge in [0.25, 0.3) is 0 Å². The first-order valence-electron chi connectivity index (χ1n) is 7.46. The highest BCUT2D eigenvalue weighted by atomic mass is 32.2. The highest BCUT2D eigenvalue weighted by Crippen LogP contribution is 2.43. The Morgan fingerprint density at radius 2 is 2.30 bits per heavy atom. The molecule has 3 rings (SSSR count). The molecule has 8 heteroatoms. The summed E-state index contributed by atoms with van der Waals surface area (Å²) in [5.74, 6) is 1.31. The molecule has 0 radical (unpaired) electrons. The zero-order valence-electron chi connectivity index (χ0n) is 13.0. The molecule has 0 fully saturated rings. The predicted molar refractivity (Wildman–Crippen MR) is 101 cm³/mol. The zero-order chi connectivity index (χ0) is 16.2. The molecule has 3 heterocycles. The van der Waals surface area contributed by atoms with Crippen LogP contribution in [-0.4, -0.2) is 22.5 Å². The number of anilines is 2. The van der Waals surface area contributed by atoms with E-state index < -0.39 is 0 Å². The van der Waals surface area contributed by atoms with Gasteiger partial charge in [-0.15, -0.1) is 34.4 Å². The lowest BCUT2D eigenvalue weighted by molar-refractivity contribution is -0.113. The Morgan fingerprint density at radius 3 is 3.00 bits per heavy atom. The summed E-state index contributed by atoms with van der Waals surface area (Å²) in [5.41, 5.74) is 1.19. The average Bonchev–Trinajstić information content (AvgIpc) is 3.21. The molecule has 0 spiro atoms. The molecule has 2 aromatic heterocycles. The number of amides is 1. The molecule has 0 aliphatic carbocycles. The van der Waals surface area contributed by atoms with Crippen LogP contribution in [0, 0.1) is 0 Å². The van der Waals surface area contributed by atoms with Crippen molar-refractivity contribution < 1.29 is 4.79 Å². The highest BCUT2D eigenvalue weighted by molar-refractivity contribution is 8.00. The number of thioether (sulfide) groups is 1. The van der Waals surface area contributed by atoms with Gasteiger partial charge in [-0.25, -0.2) is 4.98 Å². The number of carbonyl (C=O) groups is 1. The number of fused-ring (bicyclic) bond motifs is 1. The number of amidine groups is 1. The lowest BCUT2D eigenvalue weighted by Crippen LogP contribution is -2.19. The third kappa shape index (κ3) is 3.94. The van der Waals surface area contributed by atoms with Gasteiger partial charge in [0.15, 0.2) is 5.13 Å². The van der Waals surface area contributed by atoms with E-state index in [1.165, 1.54) is 26.8 Å². The van der Waals surface area contributed by atoms with Gasteiger partial charge in [-0.2, -0.15) is 0 Å². The topological polar surface area (TPSA) is 66.4 Å². The zero-order valence-corrected chi connectivity index (χ0v) is 15.4. The minimum atomic E-state index is -0.0378. The number of aryl methyl sites for hydroxylation is 1. The first-order valence-corrected chi connectivity index (χ1v) is 10.2. The molecular weight excluding hydrogens is 348 g/mol. The molecule has 0 saturated carbocycles. The highest BCUT2D eigenvalue weighted by Gasteiger charge is 2.24. The van der Waals surface area contributed by atoms with Crippen molar-refractivity contribution in [1.29, 1.82) is 0 Å². The third-order valence-electron chi connectivity index (χ3n) is 3.34. The van der Waals surface area contributed by atoms with Crippen LogP contribution in [0.2, 0.25) is 0 Å². The summed E-state index contributed by atoms with van der Waals surface area (Å²) in [6.45, 7) is 4.24. The summed E-state index contributed by atoms with van der Waals surface area (Å²) in [6.07, 6.45) is 3.56. The maximum absolute atomic E-state index is 12.1. The number of nitrogens with zero attached hydrogens (tertiary/aromatic N) is 2. The van der Waals surface area contributed by atoms with Gasteiger partial charge in [0.05, 0.1) is 5.75 Å². The maximum atomic E-state index is 12.1. The normalized spacial score (nSPS) is 16.4. The molecule has 23 heavy (non-hydrogen) atoms. The third-order valence-corrected chi connectivity index (χ3v) is 6.35. The molecule has 1 aliphatic rings. The average molecular weight is 367 g/mol. The first kappa shape index (κ1) is 16.5. The van der Waals surface area contributed by atoms with Gasteiger partial charge < -0.3 is 10.6 Å². The summed E-state index contributed by atoms with van der Waals surface area (Å²) >= 11 is 4.76. The van der Waals surface area contributed by atoms with Gasteiger partial charge >= 0.3 is 0 Å². The summed E-state index contributed by atoms with van der Waals surface area (Å²) < 4.78 is 0. The Balaban J connectivity index is 1.67. The molecule has 2 N–H and O–H groups in total. The van der Waals surface area contributed by atoms with Crippen molar-refractivity contribution in [3.63, 3.8) is 0 Å². The van der Waals surface area contributed by atoms with E-state index in [4.69, 9.17) is 4.99 Å². The van der Waals surface area contributed by atoms with Crippen LogP contribution in [0.15, 0.2) is 22.6 Å². The van der Waals surface area contributed by atoms with E-state index in [0.29, 0.717) is 10.9 Å². The monoisotopic (exact) mass is 366 g/mol. The van der Waals surface area contributed by atoms with Crippen molar-refractivity contribution >= 4 is 56.3 Å². The van der Waals surface area contributed by atoms with Crippen LogP contribution >= 0.6 is 34.4 Å². The van der Waals surface area contributed by atoms with E-state index in [2.05, 4.69) is 35.5 Å². The Morgan fingerprint density at radius 1 is 1.43 bits per heavy atom. The van der Waals surface area contributed by atoms with E-state index in [1.54, 1.807) is 29.3 Å². The minimum Gasteiger partial charge on any atom is -0.335 e.